The number of carbonyl (C=O) groups excluding carboxylic acids is 1. The number of fused-ring (bicyclic) bond motifs is 1. The van der Waals surface area contributed by atoms with Gasteiger partial charge >= 0.3 is 0 Å². The maximum atomic E-state index is 13.3. The van der Waals surface area contributed by atoms with Gasteiger partial charge in [0.25, 0.3) is 5.56 Å². The van der Waals surface area contributed by atoms with Crippen LogP contribution >= 0.6 is 0 Å². The lowest BCUT2D eigenvalue weighted by Gasteiger charge is -2.38. The average molecular weight is 568 g/mol. The van der Waals surface area contributed by atoms with Crippen LogP contribution in [0.5, 0.6) is 0 Å². The van der Waals surface area contributed by atoms with E-state index in [1.165, 1.54) is 16.6 Å². The van der Waals surface area contributed by atoms with Gasteiger partial charge in [0.1, 0.15) is 11.7 Å². The van der Waals surface area contributed by atoms with E-state index in [9.17, 15) is 14.7 Å². The number of likely N-dealkylation sites (tertiary alicyclic amines) is 1. The second-order valence-electron chi connectivity index (χ2n) is 12.1. The lowest BCUT2D eigenvalue weighted by atomic mass is 9.91. The van der Waals surface area contributed by atoms with E-state index in [0.717, 1.165) is 49.2 Å². The predicted octanol–water partition coefficient (Wildman–Crippen LogP) is 2.81. The van der Waals surface area contributed by atoms with Crippen molar-refractivity contribution < 1.29 is 9.90 Å². The molecule has 4 aromatic rings. The monoisotopic (exact) mass is 567 g/mol. The third-order valence-corrected chi connectivity index (χ3v) is 9.23. The van der Waals surface area contributed by atoms with E-state index < -0.39 is 5.60 Å². The fourth-order valence-corrected chi connectivity index (χ4v) is 6.35. The van der Waals surface area contributed by atoms with E-state index in [0.29, 0.717) is 43.0 Å². The Morgan fingerprint density at radius 2 is 1.64 bits per heavy atom. The molecule has 2 aromatic heterocycles. The minimum absolute atomic E-state index is 0.146. The molecule has 218 valence electrons. The molecule has 0 spiro atoms. The fraction of sp³-hybridized carbons (Fsp3) is 0.438. The molecule has 2 N–H and O–H groups in total. The highest BCUT2D eigenvalue weighted by Gasteiger charge is 2.39. The Hall–Kier alpha value is -4.02. The summed E-state index contributed by atoms with van der Waals surface area (Å²) in [5, 5.41) is 19.5. The summed E-state index contributed by atoms with van der Waals surface area (Å²) in [4.78, 5) is 34.6. The quantitative estimate of drug-likeness (QED) is 0.354. The third kappa shape index (κ3) is 5.09. The second kappa shape index (κ2) is 10.7. The number of nitrogens with zero attached hydrogens (tertiary/aromatic N) is 6. The second-order valence-corrected chi connectivity index (χ2v) is 12.1. The number of anilines is 1. The summed E-state index contributed by atoms with van der Waals surface area (Å²) >= 11 is 0. The molecular formula is C32H37N7O3. The van der Waals surface area contributed by atoms with E-state index >= 15 is 0 Å². The Balaban J connectivity index is 1.05. The normalized spacial score (nSPS) is 20.4. The average Bonchev–Trinajstić information content (AvgIpc) is 3.59. The fourth-order valence-electron chi connectivity index (χ4n) is 6.35. The van der Waals surface area contributed by atoms with Crippen molar-refractivity contribution in [3.8, 4) is 16.8 Å². The molecule has 10 heteroatoms. The first-order valence-electron chi connectivity index (χ1n) is 15.0. The molecule has 0 bridgehead atoms. The van der Waals surface area contributed by atoms with Gasteiger partial charge in [0.2, 0.25) is 5.91 Å². The maximum Gasteiger partial charge on any atom is 0.264 e. The largest absolute Gasteiger partial charge is 0.388 e. The van der Waals surface area contributed by atoms with E-state index in [-0.39, 0.29) is 23.9 Å². The summed E-state index contributed by atoms with van der Waals surface area (Å²) in [5.41, 5.74) is 3.51. The summed E-state index contributed by atoms with van der Waals surface area (Å²) in [6.07, 6.45) is 7.05. The topological polar surface area (TPSA) is 109 Å². The Labute approximate surface area is 244 Å². The van der Waals surface area contributed by atoms with Crippen LogP contribution in [-0.4, -0.2) is 80.1 Å². The lowest BCUT2D eigenvalue weighted by Crippen LogP contribution is -2.50. The summed E-state index contributed by atoms with van der Waals surface area (Å²) in [7, 11) is 2.02. The standard InChI is InChI=1S/C32H37N7O3/c1-33-25-12-15-37(19-25)26-8-4-22(5-9-26)23-6-10-27(11-7-23)39-29-28(18-35-39)31(41)38(21-34-29)20-32(42)13-16-36(17-14-32)30(40)24-2-3-24/h4-11,18,21,24-25,33,42H,2-3,12-17,19-20H2,1H3. The Kier molecular flexibility index (Phi) is 6.82. The van der Waals surface area contributed by atoms with E-state index in [4.69, 9.17) is 0 Å². The van der Waals surface area contributed by atoms with E-state index in [2.05, 4.69) is 56.7 Å². The van der Waals surface area contributed by atoms with Gasteiger partial charge in [0.15, 0.2) is 5.65 Å². The van der Waals surface area contributed by atoms with Crippen molar-refractivity contribution in [2.75, 3.05) is 38.1 Å². The van der Waals surface area contributed by atoms with Gasteiger partial charge in [0.05, 0.1) is 24.0 Å². The SMILES string of the molecule is CNC1CCN(c2ccc(-c3ccc(-n4ncc5c(=O)n(CC6(O)CCN(C(=O)C7CC7)CC6)cnc54)cc3)cc2)C1. The molecule has 42 heavy (non-hydrogen) atoms. The molecule has 3 fully saturated rings. The van der Waals surface area contributed by atoms with Crippen molar-refractivity contribution in [1.82, 2.24) is 29.5 Å². The molecule has 2 aliphatic heterocycles. The number of aromatic nitrogens is 4. The van der Waals surface area contributed by atoms with E-state index in [1.807, 2.05) is 24.1 Å². The van der Waals surface area contributed by atoms with Crippen LogP contribution in [0.4, 0.5) is 5.69 Å². The number of likely N-dealkylation sites (N-methyl/N-ethyl adjacent to an activating group) is 1. The lowest BCUT2D eigenvalue weighted by molar-refractivity contribution is -0.137. The molecule has 1 atom stereocenters. The van der Waals surface area contributed by atoms with Gasteiger partial charge in [-0.25, -0.2) is 9.67 Å². The molecule has 3 aliphatic rings. The molecule has 10 nitrogen and oxygen atoms in total. The summed E-state index contributed by atoms with van der Waals surface area (Å²) < 4.78 is 3.15. The van der Waals surface area contributed by atoms with Crippen LogP contribution in [0, 0.1) is 5.92 Å². The van der Waals surface area contributed by atoms with Crippen molar-refractivity contribution in [3.63, 3.8) is 0 Å². The number of rotatable bonds is 7. The van der Waals surface area contributed by atoms with Crippen LogP contribution in [0.2, 0.25) is 0 Å². The molecule has 2 saturated heterocycles. The number of nitrogens with one attached hydrogen (secondary N) is 1. The zero-order valence-corrected chi connectivity index (χ0v) is 23.9. The summed E-state index contributed by atoms with van der Waals surface area (Å²) in [6, 6.07) is 17.3. The van der Waals surface area contributed by atoms with Crippen molar-refractivity contribution >= 4 is 22.6 Å². The van der Waals surface area contributed by atoms with Crippen LogP contribution in [0.3, 0.4) is 0 Å². The van der Waals surface area contributed by atoms with Gasteiger partial charge in [-0.1, -0.05) is 24.3 Å². The van der Waals surface area contributed by atoms with Gasteiger partial charge in [-0.3, -0.25) is 14.2 Å². The Morgan fingerprint density at radius 1 is 0.976 bits per heavy atom. The van der Waals surface area contributed by atoms with Gasteiger partial charge in [-0.15, -0.1) is 0 Å². The number of hydrogen-bond acceptors (Lipinski definition) is 7. The zero-order chi connectivity index (χ0) is 28.8. The molecule has 1 amide bonds. The Morgan fingerprint density at radius 3 is 2.26 bits per heavy atom. The maximum absolute atomic E-state index is 13.3. The highest BCUT2D eigenvalue weighted by atomic mass is 16.3. The number of benzene rings is 2. The molecular weight excluding hydrogens is 530 g/mol. The van der Waals surface area contributed by atoms with E-state index in [1.54, 1.807) is 10.9 Å². The minimum Gasteiger partial charge on any atom is -0.388 e. The molecule has 7 rings (SSSR count). The van der Waals surface area contributed by atoms with Gasteiger partial charge in [0, 0.05) is 43.8 Å². The number of carbonyl (C=O) groups is 1. The molecule has 2 aromatic carbocycles. The van der Waals surface area contributed by atoms with Gasteiger partial charge < -0.3 is 20.2 Å². The number of amides is 1. The van der Waals surface area contributed by atoms with Crippen LogP contribution < -0.4 is 15.8 Å². The number of aliphatic hydroxyl groups is 1. The van der Waals surface area contributed by atoms with Crippen molar-refractivity contribution in [1.29, 1.82) is 0 Å². The first-order valence-corrected chi connectivity index (χ1v) is 15.0. The first kappa shape index (κ1) is 26.9. The smallest absolute Gasteiger partial charge is 0.264 e. The molecule has 1 aliphatic carbocycles. The van der Waals surface area contributed by atoms with Crippen molar-refractivity contribution in [3.05, 3.63) is 71.4 Å². The number of piperidine rings is 1. The molecule has 4 heterocycles. The first-order chi connectivity index (χ1) is 20.4. The van der Waals surface area contributed by atoms with Crippen LogP contribution in [-0.2, 0) is 11.3 Å². The van der Waals surface area contributed by atoms with Gasteiger partial charge in [-0.2, -0.15) is 5.10 Å². The molecule has 0 radical (unpaired) electrons. The molecule has 1 saturated carbocycles. The van der Waals surface area contributed by atoms with Crippen LogP contribution in [0.1, 0.15) is 32.1 Å². The minimum atomic E-state index is -1.05. The Bertz CT molecular complexity index is 1650. The highest BCUT2D eigenvalue weighted by molar-refractivity contribution is 5.81. The summed E-state index contributed by atoms with van der Waals surface area (Å²) in [6.45, 7) is 3.28. The predicted molar refractivity (Wildman–Crippen MR) is 162 cm³/mol. The van der Waals surface area contributed by atoms with Crippen molar-refractivity contribution in [2.24, 2.45) is 5.92 Å². The summed E-state index contributed by atoms with van der Waals surface area (Å²) in [5.74, 6) is 0.382. The van der Waals surface area contributed by atoms with Crippen LogP contribution in [0.15, 0.2) is 65.8 Å². The third-order valence-electron chi connectivity index (χ3n) is 9.23. The van der Waals surface area contributed by atoms with Gasteiger partial charge in [-0.05, 0) is 74.5 Å². The van der Waals surface area contributed by atoms with Crippen LogP contribution in [0.25, 0.3) is 27.8 Å². The number of hydrogen-bond donors (Lipinski definition) is 2. The van der Waals surface area contributed by atoms with Crippen molar-refractivity contribution in [2.45, 2.75) is 50.3 Å². The zero-order valence-electron chi connectivity index (χ0n) is 23.9. The highest BCUT2D eigenvalue weighted by Crippen LogP contribution is 2.33. The molecule has 1 unspecified atom stereocenters.